The van der Waals surface area contributed by atoms with Gasteiger partial charge in [0, 0.05) is 38.7 Å². The van der Waals surface area contributed by atoms with Gasteiger partial charge in [0.05, 0.1) is 11.9 Å². The van der Waals surface area contributed by atoms with E-state index in [1.807, 2.05) is 6.92 Å². The summed E-state index contributed by atoms with van der Waals surface area (Å²) < 4.78 is 1.75. The van der Waals surface area contributed by atoms with Crippen LogP contribution in [0.3, 0.4) is 0 Å². The minimum Gasteiger partial charge on any atom is -0.346 e. The lowest BCUT2D eigenvalue weighted by atomic mass is 9.95. The lowest BCUT2D eigenvalue weighted by Gasteiger charge is -2.27. The standard InChI is InChI=1S/C12H18N4O2/c1-3-16-8-10(7-13-16)14-12(18)9-4-5-15(2)11(17)6-9/h7-9H,3-6H2,1-2H3,(H,14,18). The number of nitrogens with one attached hydrogen (secondary N) is 1. The summed E-state index contributed by atoms with van der Waals surface area (Å²) in [4.78, 5) is 25.2. The number of carbonyl (C=O) groups is 2. The first kappa shape index (κ1) is 12.6. The molecule has 98 valence electrons. The third kappa shape index (κ3) is 2.69. The van der Waals surface area contributed by atoms with Crippen LogP contribution < -0.4 is 5.32 Å². The van der Waals surface area contributed by atoms with E-state index in [9.17, 15) is 9.59 Å². The molecular weight excluding hydrogens is 232 g/mol. The summed E-state index contributed by atoms with van der Waals surface area (Å²) in [6.45, 7) is 3.39. The molecule has 1 aromatic rings. The minimum atomic E-state index is -0.223. The third-order valence-corrected chi connectivity index (χ3v) is 3.26. The van der Waals surface area contributed by atoms with Gasteiger partial charge in [-0.05, 0) is 13.3 Å². The Morgan fingerprint density at radius 2 is 2.39 bits per heavy atom. The summed E-state index contributed by atoms with van der Waals surface area (Å²) in [5, 5.41) is 6.90. The van der Waals surface area contributed by atoms with E-state index >= 15 is 0 Å². The molecule has 0 bridgehead atoms. The molecule has 1 aliphatic rings. The lowest BCUT2D eigenvalue weighted by molar-refractivity contribution is -0.137. The van der Waals surface area contributed by atoms with Gasteiger partial charge in [-0.15, -0.1) is 0 Å². The number of rotatable bonds is 3. The molecule has 18 heavy (non-hydrogen) atoms. The zero-order valence-corrected chi connectivity index (χ0v) is 10.7. The van der Waals surface area contributed by atoms with Crippen molar-refractivity contribution >= 4 is 17.5 Å². The Labute approximate surface area is 106 Å². The molecule has 1 atom stereocenters. The maximum absolute atomic E-state index is 12.0. The molecule has 1 aliphatic heterocycles. The lowest BCUT2D eigenvalue weighted by Crippen LogP contribution is -2.39. The van der Waals surface area contributed by atoms with Crippen molar-refractivity contribution < 1.29 is 9.59 Å². The van der Waals surface area contributed by atoms with E-state index in [4.69, 9.17) is 0 Å². The van der Waals surface area contributed by atoms with Crippen molar-refractivity contribution in [3.05, 3.63) is 12.4 Å². The summed E-state index contributed by atoms with van der Waals surface area (Å²) in [6, 6.07) is 0. The molecule has 2 heterocycles. The van der Waals surface area contributed by atoms with Crippen LogP contribution in [0.4, 0.5) is 5.69 Å². The predicted molar refractivity (Wildman–Crippen MR) is 66.9 cm³/mol. The maximum Gasteiger partial charge on any atom is 0.228 e. The van der Waals surface area contributed by atoms with Crippen LogP contribution >= 0.6 is 0 Å². The van der Waals surface area contributed by atoms with E-state index in [0.29, 0.717) is 18.7 Å². The fourth-order valence-electron chi connectivity index (χ4n) is 2.01. The van der Waals surface area contributed by atoms with Crippen molar-refractivity contribution in [1.29, 1.82) is 0 Å². The number of piperidine rings is 1. The second-order valence-electron chi connectivity index (χ2n) is 4.58. The molecule has 1 N–H and O–H groups in total. The quantitative estimate of drug-likeness (QED) is 0.859. The average Bonchev–Trinajstić information content (AvgIpc) is 2.80. The molecular formula is C12H18N4O2. The third-order valence-electron chi connectivity index (χ3n) is 3.26. The molecule has 1 aromatic heterocycles. The highest BCUT2D eigenvalue weighted by molar-refractivity contribution is 5.95. The SMILES string of the molecule is CCn1cc(NC(=O)C2CCN(C)C(=O)C2)cn1. The fourth-order valence-corrected chi connectivity index (χ4v) is 2.01. The van der Waals surface area contributed by atoms with Gasteiger partial charge in [0.1, 0.15) is 0 Å². The Morgan fingerprint density at radius 1 is 1.61 bits per heavy atom. The molecule has 1 unspecified atom stereocenters. The predicted octanol–water partition coefficient (Wildman–Crippen LogP) is 0.710. The highest BCUT2D eigenvalue weighted by Gasteiger charge is 2.28. The molecule has 0 radical (unpaired) electrons. The van der Waals surface area contributed by atoms with E-state index in [2.05, 4.69) is 10.4 Å². The number of hydrogen-bond donors (Lipinski definition) is 1. The van der Waals surface area contributed by atoms with Crippen LogP contribution in [0.25, 0.3) is 0 Å². The van der Waals surface area contributed by atoms with E-state index in [1.165, 1.54) is 0 Å². The molecule has 6 nitrogen and oxygen atoms in total. The van der Waals surface area contributed by atoms with Gasteiger partial charge in [-0.2, -0.15) is 5.10 Å². The Bertz CT molecular complexity index is 455. The van der Waals surface area contributed by atoms with Crippen molar-refractivity contribution in [3.8, 4) is 0 Å². The number of amides is 2. The summed E-state index contributed by atoms with van der Waals surface area (Å²) in [5.41, 5.74) is 0.688. The fraction of sp³-hybridized carbons (Fsp3) is 0.583. The highest BCUT2D eigenvalue weighted by atomic mass is 16.2. The van der Waals surface area contributed by atoms with Crippen molar-refractivity contribution in [2.45, 2.75) is 26.3 Å². The van der Waals surface area contributed by atoms with Gasteiger partial charge in [-0.1, -0.05) is 0 Å². The molecule has 1 saturated heterocycles. The Balaban J connectivity index is 1.93. The summed E-state index contributed by atoms with van der Waals surface area (Å²) in [5.74, 6) is -0.281. The number of carbonyl (C=O) groups excluding carboxylic acids is 2. The second-order valence-corrected chi connectivity index (χ2v) is 4.58. The smallest absolute Gasteiger partial charge is 0.228 e. The van der Waals surface area contributed by atoms with Gasteiger partial charge in [-0.3, -0.25) is 14.3 Å². The number of aryl methyl sites for hydroxylation is 1. The first-order valence-corrected chi connectivity index (χ1v) is 6.17. The highest BCUT2D eigenvalue weighted by Crippen LogP contribution is 2.19. The van der Waals surface area contributed by atoms with Gasteiger partial charge in [0.25, 0.3) is 0 Å². The van der Waals surface area contributed by atoms with E-state index in [1.54, 1.807) is 29.0 Å². The van der Waals surface area contributed by atoms with Gasteiger partial charge < -0.3 is 10.2 Å². The normalized spacial score (nSPS) is 20.0. The summed E-state index contributed by atoms with van der Waals surface area (Å²) in [7, 11) is 1.77. The zero-order valence-electron chi connectivity index (χ0n) is 10.7. The summed E-state index contributed by atoms with van der Waals surface area (Å²) in [6.07, 6.45) is 4.42. The zero-order chi connectivity index (χ0) is 13.1. The van der Waals surface area contributed by atoms with Crippen molar-refractivity contribution in [3.63, 3.8) is 0 Å². The molecule has 2 amide bonds. The van der Waals surface area contributed by atoms with Crippen molar-refractivity contribution in [1.82, 2.24) is 14.7 Å². The Kier molecular flexibility index (Phi) is 3.64. The average molecular weight is 250 g/mol. The van der Waals surface area contributed by atoms with Crippen LogP contribution in [-0.2, 0) is 16.1 Å². The van der Waals surface area contributed by atoms with Crippen molar-refractivity contribution in [2.75, 3.05) is 18.9 Å². The number of hydrogen-bond acceptors (Lipinski definition) is 3. The summed E-state index contributed by atoms with van der Waals surface area (Å²) >= 11 is 0. The maximum atomic E-state index is 12.0. The number of aromatic nitrogens is 2. The molecule has 0 aromatic carbocycles. The monoisotopic (exact) mass is 250 g/mol. The Hall–Kier alpha value is -1.85. The second kappa shape index (κ2) is 5.20. The molecule has 1 fully saturated rings. The largest absolute Gasteiger partial charge is 0.346 e. The van der Waals surface area contributed by atoms with E-state index in [0.717, 1.165) is 13.0 Å². The Morgan fingerprint density at radius 3 is 3.00 bits per heavy atom. The van der Waals surface area contributed by atoms with Gasteiger partial charge in [0.2, 0.25) is 11.8 Å². The number of anilines is 1. The van der Waals surface area contributed by atoms with Gasteiger partial charge >= 0.3 is 0 Å². The molecule has 6 heteroatoms. The first-order valence-electron chi connectivity index (χ1n) is 6.17. The number of nitrogens with zero attached hydrogens (tertiary/aromatic N) is 3. The molecule has 0 spiro atoms. The molecule has 2 rings (SSSR count). The topological polar surface area (TPSA) is 67.2 Å². The van der Waals surface area contributed by atoms with Crippen LogP contribution in [0.1, 0.15) is 19.8 Å². The molecule has 0 aliphatic carbocycles. The van der Waals surface area contributed by atoms with E-state index in [-0.39, 0.29) is 17.7 Å². The van der Waals surface area contributed by atoms with Crippen LogP contribution in [0.2, 0.25) is 0 Å². The van der Waals surface area contributed by atoms with Crippen LogP contribution in [-0.4, -0.2) is 40.1 Å². The van der Waals surface area contributed by atoms with Gasteiger partial charge in [0.15, 0.2) is 0 Å². The first-order chi connectivity index (χ1) is 8.60. The molecule has 0 saturated carbocycles. The minimum absolute atomic E-state index is 0.0330. The van der Waals surface area contributed by atoms with Gasteiger partial charge in [-0.25, -0.2) is 0 Å². The number of likely N-dealkylation sites (tertiary alicyclic amines) is 1. The van der Waals surface area contributed by atoms with Crippen LogP contribution in [0, 0.1) is 5.92 Å². The van der Waals surface area contributed by atoms with Crippen LogP contribution in [0.15, 0.2) is 12.4 Å². The van der Waals surface area contributed by atoms with E-state index < -0.39 is 0 Å². The van der Waals surface area contributed by atoms with Crippen LogP contribution in [0.5, 0.6) is 0 Å². The van der Waals surface area contributed by atoms with Crippen molar-refractivity contribution in [2.24, 2.45) is 5.92 Å².